The third-order valence-electron chi connectivity index (χ3n) is 4.35. The van der Waals surface area contributed by atoms with Crippen LogP contribution < -0.4 is 14.8 Å². The number of nitrogens with one attached hydrogen (secondary N) is 2. The molecule has 1 aliphatic carbocycles. The number of benzene rings is 1. The lowest BCUT2D eigenvalue weighted by molar-refractivity contribution is 0.131. The zero-order chi connectivity index (χ0) is 15.4. The van der Waals surface area contributed by atoms with Crippen LogP contribution in [0.1, 0.15) is 39.0 Å². The predicted octanol–water partition coefficient (Wildman–Crippen LogP) is 3.26. The lowest BCUT2D eigenvalue weighted by atomic mass is 9.92. The van der Waals surface area contributed by atoms with E-state index in [1.54, 1.807) is 13.3 Å². The second kappa shape index (κ2) is 7.01. The van der Waals surface area contributed by atoms with Gasteiger partial charge in [-0.25, -0.2) is 0 Å². The highest BCUT2D eigenvalue weighted by Gasteiger charge is 2.24. The molecule has 120 valence electrons. The molecular formula is C17H25N3O2. The monoisotopic (exact) mass is 303 g/mol. The molecule has 1 aliphatic rings. The van der Waals surface area contributed by atoms with Gasteiger partial charge in [-0.15, -0.1) is 0 Å². The quantitative estimate of drug-likeness (QED) is 0.860. The Balaban J connectivity index is 1.72. The van der Waals surface area contributed by atoms with Gasteiger partial charge in [0.2, 0.25) is 0 Å². The minimum Gasteiger partial charge on any atom is -0.492 e. The third-order valence-corrected chi connectivity index (χ3v) is 4.35. The van der Waals surface area contributed by atoms with Gasteiger partial charge in [0.1, 0.15) is 6.10 Å². The van der Waals surface area contributed by atoms with E-state index in [0.29, 0.717) is 6.04 Å². The number of rotatable bonds is 6. The first-order valence-corrected chi connectivity index (χ1v) is 8.22. The van der Waals surface area contributed by atoms with Crippen molar-refractivity contribution in [2.75, 3.05) is 13.7 Å². The number of fused-ring (bicyclic) bond motifs is 1. The van der Waals surface area contributed by atoms with Crippen LogP contribution in [0.15, 0.2) is 18.3 Å². The van der Waals surface area contributed by atoms with Crippen molar-refractivity contribution >= 4 is 10.9 Å². The van der Waals surface area contributed by atoms with Crippen LogP contribution in [-0.4, -0.2) is 36.0 Å². The number of H-pyrrole nitrogens is 1. The van der Waals surface area contributed by atoms with Crippen LogP contribution in [0.3, 0.4) is 0 Å². The van der Waals surface area contributed by atoms with Crippen LogP contribution in [0.4, 0.5) is 0 Å². The number of nitrogens with zero attached hydrogens (tertiary/aromatic N) is 1. The molecule has 1 fully saturated rings. The number of methoxy groups -OCH3 is 1. The van der Waals surface area contributed by atoms with E-state index in [0.717, 1.165) is 41.8 Å². The summed E-state index contributed by atoms with van der Waals surface area (Å²) in [6, 6.07) is 4.54. The molecule has 2 aromatic rings. The molecule has 1 heterocycles. The van der Waals surface area contributed by atoms with Crippen LogP contribution in [0.2, 0.25) is 0 Å². The number of aromatic amines is 1. The summed E-state index contributed by atoms with van der Waals surface area (Å²) in [6.07, 6.45) is 7.84. The molecule has 3 rings (SSSR count). The standard InChI is InChI=1S/C17H25N3O2/c1-3-9-18-12-5-4-6-13(10-12)22-16-8-7-15-14(11-19-20-15)17(16)21-2/h7-8,11-13,18H,3-6,9-10H2,1-2H3,(H,19,20)/t12-,13+/m0/s1. The van der Waals surface area contributed by atoms with Crippen LogP contribution in [0, 0.1) is 0 Å². The summed E-state index contributed by atoms with van der Waals surface area (Å²) < 4.78 is 11.8. The first-order valence-electron chi connectivity index (χ1n) is 8.22. The molecule has 22 heavy (non-hydrogen) atoms. The van der Waals surface area contributed by atoms with Crippen molar-refractivity contribution in [1.82, 2.24) is 15.5 Å². The maximum absolute atomic E-state index is 6.26. The van der Waals surface area contributed by atoms with Crippen molar-refractivity contribution in [1.29, 1.82) is 0 Å². The van der Waals surface area contributed by atoms with Crippen molar-refractivity contribution in [3.8, 4) is 11.5 Å². The van der Waals surface area contributed by atoms with E-state index >= 15 is 0 Å². The molecule has 2 atom stereocenters. The lowest BCUT2D eigenvalue weighted by Gasteiger charge is -2.30. The molecule has 0 aliphatic heterocycles. The van der Waals surface area contributed by atoms with Crippen molar-refractivity contribution in [2.45, 2.75) is 51.2 Å². The molecule has 0 amide bonds. The van der Waals surface area contributed by atoms with Gasteiger partial charge in [-0.05, 0) is 50.8 Å². The number of ether oxygens (including phenoxy) is 2. The van der Waals surface area contributed by atoms with Crippen LogP contribution >= 0.6 is 0 Å². The Morgan fingerprint density at radius 3 is 3.09 bits per heavy atom. The van der Waals surface area contributed by atoms with Gasteiger partial charge in [-0.3, -0.25) is 5.10 Å². The highest BCUT2D eigenvalue weighted by atomic mass is 16.5. The lowest BCUT2D eigenvalue weighted by Crippen LogP contribution is -2.38. The number of hydrogen-bond acceptors (Lipinski definition) is 4. The van der Waals surface area contributed by atoms with E-state index in [-0.39, 0.29) is 6.10 Å². The van der Waals surface area contributed by atoms with E-state index in [1.165, 1.54) is 19.3 Å². The van der Waals surface area contributed by atoms with E-state index in [4.69, 9.17) is 9.47 Å². The van der Waals surface area contributed by atoms with Gasteiger partial charge in [0, 0.05) is 6.04 Å². The minimum absolute atomic E-state index is 0.251. The van der Waals surface area contributed by atoms with Gasteiger partial charge >= 0.3 is 0 Å². The molecule has 5 heteroatoms. The van der Waals surface area contributed by atoms with E-state index in [2.05, 4.69) is 22.4 Å². The number of hydrogen-bond donors (Lipinski definition) is 2. The highest BCUT2D eigenvalue weighted by molar-refractivity contribution is 5.87. The van der Waals surface area contributed by atoms with Crippen LogP contribution in [0.25, 0.3) is 10.9 Å². The fourth-order valence-corrected chi connectivity index (χ4v) is 3.24. The average molecular weight is 303 g/mol. The summed E-state index contributed by atoms with van der Waals surface area (Å²) >= 11 is 0. The molecule has 5 nitrogen and oxygen atoms in total. The Kier molecular flexibility index (Phi) is 4.83. The molecule has 0 unspecified atom stereocenters. The predicted molar refractivity (Wildman–Crippen MR) is 87.6 cm³/mol. The summed E-state index contributed by atoms with van der Waals surface area (Å²) in [4.78, 5) is 0. The summed E-state index contributed by atoms with van der Waals surface area (Å²) in [5.74, 6) is 1.59. The van der Waals surface area contributed by atoms with Gasteiger partial charge < -0.3 is 14.8 Å². The smallest absolute Gasteiger partial charge is 0.171 e. The van der Waals surface area contributed by atoms with E-state index < -0.39 is 0 Å². The summed E-state index contributed by atoms with van der Waals surface area (Å²) in [6.45, 7) is 3.29. The maximum Gasteiger partial charge on any atom is 0.171 e. The van der Waals surface area contributed by atoms with Gasteiger partial charge in [0.05, 0.1) is 24.2 Å². The summed E-state index contributed by atoms with van der Waals surface area (Å²) in [7, 11) is 1.68. The molecular weight excluding hydrogens is 278 g/mol. The molecule has 0 saturated heterocycles. The Bertz CT molecular complexity index is 611. The topological polar surface area (TPSA) is 59.2 Å². The molecule has 1 saturated carbocycles. The first kappa shape index (κ1) is 15.2. The average Bonchev–Trinajstić information content (AvgIpc) is 3.02. The molecule has 1 aromatic heterocycles. The largest absolute Gasteiger partial charge is 0.492 e. The Labute approximate surface area is 131 Å². The Hall–Kier alpha value is -1.75. The minimum atomic E-state index is 0.251. The first-order chi connectivity index (χ1) is 10.8. The van der Waals surface area contributed by atoms with Crippen molar-refractivity contribution in [3.05, 3.63) is 18.3 Å². The van der Waals surface area contributed by atoms with Crippen molar-refractivity contribution in [3.63, 3.8) is 0 Å². The van der Waals surface area contributed by atoms with Crippen LogP contribution in [0.5, 0.6) is 11.5 Å². The molecule has 0 radical (unpaired) electrons. The van der Waals surface area contributed by atoms with Crippen molar-refractivity contribution < 1.29 is 9.47 Å². The fraction of sp³-hybridized carbons (Fsp3) is 0.588. The van der Waals surface area contributed by atoms with E-state index in [1.807, 2.05) is 12.1 Å². The normalized spacial score (nSPS) is 21.9. The summed E-state index contributed by atoms with van der Waals surface area (Å²) in [5.41, 5.74) is 0.968. The second-order valence-corrected chi connectivity index (χ2v) is 5.99. The third kappa shape index (κ3) is 3.19. The van der Waals surface area contributed by atoms with Gasteiger partial charge in [-0.1, -0.05) is 6.92 Å². The highest BCUT2D eigenvalue weighted by Crippen LogP contribution is 2.36. The second-order valence-electron chi connectivity index (χ2n) is 5.99. The zero-order valence-electron chi connectivity index (χ0n) is 13.4. The van der Waals surface area contributed by atoms with Crippen molar-refractivity contribution in [2.24, 2.45) is 0 Å². The molecule has 1 aromatic carbocycles. The molecule has 2 N–H and O–H groups in total. The Morgan fingerprint density at radius 2 is 2.27 bits per heavy atom. The van der Waals surface area contributed by atoms with Gasteiger partial charge in [0.25, 0.3) is 0 Å². The van der Waals surface area contributed by atoms with Gasteiger partial charge in [-0.2, -0.15) is 5.10 Å². The molecule has 0 spiro atoms. The SMILES string of the molecule is CCCN[C@H]1CCC[C@@H](Oc2ccc3[nH]ncc3c2OC)C1. The zero-order valence-corrected chi connectivity index (χ0v) is 13.4. The maximum atomic E-state index is 6.26. The fourth-order valence-electron chi connectivity index (χ4n) is 3.24. The Morgan fingerprint density at radius 1 is 1.36 bits per heavy atom. The van der Waals surface area contributed by atoms with Crippen LogP contribution in [-0.2, 0) is 0 Å². The number of aromatic nitrogens is 2. The van der Waals surface area contributed by atoms with E-state index in [9.17, 15) is 0 Å². The van der Waals surface area contributed by atoms with Gasteiger partial charge in [0.15, 0.2) is 11.5 Å². The molecule has 0 bridgehead atoms. The summed E-state index contributed by atoms with van der Waals surface area (Å²) in [5, 5.41) is 11.6.